The lowest BCUT2D eigenvalue weighted by atomic mass is 9.97. The van der Waals surface area contributed by atoms with Crippen LogP contribution in [0.15, 0.2) is 0 Å². The predicted molar refractivity (Wildman–Crippen MR) is 124 cm³/mol. The number of hydrogen-bond acceptors (Lipinski definition) is 7. The fourth-order valence-electron chi connectivity index (χ4n) is 3.68. The number of nitrogens with two attached hydrogens (primary N) is 3. The van der Waals surface area contributed by atoms with Gasteiger partial charge in [0.1, 0.15) is 0 Å². The Kier molecular flexibility index (Phi) is 12.2. The third kappa shape index (κ3) is 14.0. The molecule has 31 heavy (non-hydrogen) atoms. The van der Waals surface area contributed by atoms with Crippen LogP contribution in [-0.2, 0) is 14.4 Å². The maximum absolute atomic E-state index is 12.1. The van der Waals surface area contributed by atoms with Gasteiger partial charge >= 0.3 is 0 Å². The quantitative estimate of drug-likeness (QED) is 0.189. The highest BCUT2D eigenvalue weighted by molar-refractivity contribution is 5.77. The van der Waals surface area contributed by atoms with Crippen molar-refractivity contribution in [3.05, 3.63) is 0 Å². The summed E-state index contributed by atoms with van der Waals surface area (Å²) in [6.07, 6.45) is 0.764. The van der Waals surface area contributed by atoms with Crippen LogP contribution in [-0.4, -0.2) is 78.5 Å². The van der Waals surface area contributed by atoms with E-state index in [9.17, 15) is 14.4 Å². The van der Waals surface area contributed by atoms with Crippen molar-refractivity contribution in [2.45, 2.75) is 77.4 Å². The van der Waals surface area contributed by atoms with Crippen LogP contribution in [0.3, 0.4) is 0 Å². The van der Waals surface area contributed by atoms with E-state index in [4.69, 9.17) is 17.2 Å². The molecule has 0 saturated carbocycles. The van der Waals surface area contributed by atoms with Crippen LogP contribution in [0.4, 0.5) is 0 Å². The van der Waals surface area contributed by atoms with Gasteiger partial charge in [0.25, 0.3) is 0 Å². The number of carbonyl (C=O) groups excluding carboxylic acids is 3. The van der Waals surface area contributed by atoms with Gasteiger partial charge in [-0.25, -0.2) is 0 Å². The minimum Gasteiger partial charge on any atom is -0.350 e. The molecule has 10 nitrogen and oxygen atoms in total. The minimum absolute atomic E-state index is 0.113. The van der Waals surface area contributed by atoms with Crippen LogP contribution < -0.4 is 33.2 Å². The summed E-state index contributed by atoms with van der Waals surface area (Å²) in [5, 5.41) is 9.04. The van der Waals surface area contributed by atoms with Crippen molar-refractivity contribution < 1.29 is 14.4 Å². The highest BCUT2D eigenvalue weighted by Gasteiger charge is 2.32. The van der Waals surface area contributed by atoms with Crippen LogP contribution in [0.25, 0.3) is 0 Å². The average molecular weight is 444 g/mol. The second-order valence-electron chi connectivity index (χ2n) is 10.1. The maximum atomic E-state index is 12.1. The summed E-state index contributed by atoms with van der Waals surface area (Å²) in [7, 11) is 0. The number of nitrogens with zero attached hydrogens (tertiary/aromatic N) is 1. The standard InChI is InChI=1S/C21H45N7O3/c1-19(2,25-16(29)7-10-22)13-28(14-20(3,4)26-17(30)8-11-23)15-21(5,6)27-18(31)9-12-24/h7-15,22-24H2,1-6H3,(H,25,29)(H,26,30)(H,27,31). The van der Waals surface area contributed by atoms with E-state index in [1.807, 2.05) is 41.5 Å². The van der Waals surface area contributed by atoms with Crippen LogP contribution in [0.2, 0.25) is 0 Å². The molecule has 3 amide bonds. The van der Waals surface area contributed by atoms with Crippen LogP contribution >= 0.6 is 0 Å². The molecule has 0 unspecified atom stereocenters. The predicted octanol–water partition coefficient (Wildman–Crippen LogP) is -0.981. The molecule has 0 aromatic rings. The molecule has 0 aliphatic heterocycles. The van der Waals surface area contributed by atoms with Crippen LogP contribution in [0.5, 0.6) is 0 Å². The van der Waals surface area contributed by atoms with E-state index in [0.29, 0.717) is 19.6 Å². The molecule has 182 valence electrons. The number of hydrogen-bond donors (Lipinski definition) is 6. The van der Waals surface area contributed by atoms with Gasteiger partial charge in [0, 0.05) is 75.1 Å². The molecule has 0 rings (SSSR count). The van der Waals surface area contributed by atoms with Gasteiger partial charge < -0.3 is 33.2 Å². The highest BCUT2D eigenvalue weighted by Crippen LogP contribution is 2.16. The first kappa shape index (κ1) is 29.2. The van der Waals surface area contributed by atoms with Crippen molar-refractivity contribution in [1.82, 2.24) is 20.9 Å². The van der Waals surface area contributed by atoms with E-state index < -0.39 is 16.6 Å². The first-order valence-electron chi connectivity index (χ1n) is 10.9. The molecule has 0 aromatic heterocycles. The topological polar surface area (TPSA) is 169 Å². The van der Waals surface area contributed by atoms with Crippen molar-refractivity contribution in [3.63, 3.8) is 0 Å². The van der Waals surface area contributed by atoms with Crippen molar-refractivity contribution in [2.24, 2.45) is 17.2 Å². The Morgan fingerprint density at radius 3 is 1.00 bits per heavy atom. The molecule has 0 aliphatic carbocycles. The zero-order valence-corrected chi connectivity index (χ0v) is 20.3. The zero-order chi connectivity index (χ0) is 24.3. The molecular formula is C21H45N7O3. The Bertz CT molecular complexity index is 511. The molecule has 0 fully saturated rings. The maximum Gasteiger partial charge on any atom is 0.221 e. The summed E-state index contributed by atoms with van der Waals surface area (Å²) in [4.78, 5) is 38.4. The van der Waals surface area contributed by atoms with Gasteiger partial charge in [-0.2, -0.15) is 0 Å². The van der Waals surface area contributed by atoms with Gasteiger partial charge in [0.2, 0.25) is 17.7 Å². The minimum atomic E-state index is -0.541. The molecule has 0 atom stereocenters. The third-order valence-electron chi connectivity index (χ3n) is 4.40. The molecule has 0 aliphatic rings. The van der Waals surface area contributed by atoms with Crippen LogP contribution in [0.1, 0.15) is 60.8 Å². The fourth-order valence-corrected chi connectivity index (χ4v) is 3.68. The summed E-state index contributed by atoms with van der Waals surface area (Å²) in [5.41, 5.74) is 14.8. The van der Waals surface area contributed by atoms with E-state index in [1.165, 1.54) is 0 Å². The Balaban J connectivity index is 5.47. The monoisotopic (exact) mass is 443 g/mol. The molecule has 10 heteroatoms. The van der Waals surface area contributed by atoms with Gasteiger partial charge in [0.15, 0.2) is 0 Å². The first-order valence-corrected chi connectivity index (χ1v) is 10.9. The lowest BCUT2D eigenvalue weighted by Gasteiger charge is -2.42. The second-order valence-corrected chi connectivity index (χ2v) is 10.1. The summed E-state index contributed by atoms with van der Waals surface area (Å²) in [5.74, 6) is -0.338. The van der Waals surface area contributed by atoms with E-state index in [-0.39, 0.29) is 56.6 Å². The van der Waals surface area contributed by atoms with Crippen molar-refractivity contribution >= 4 is 17.7 Å². The molecule has 0 heterocycles. The van der Waals surface area contributed by atoms with Crippen molar-refractivity contribution in [3.8, 4) is 0 Å². The van der Waals surface area contributed by atoms with E-state index in [2.05, 4.69) is 20.9 Å². The summed E-state index contributed by atoms with van der Waals surface area (Å²) < 4.78 is 0. The van der Waals surface area contributed by atoms with Crippen molar-refractivity contribution in [1.29, 1.82) is 0 Å². The number of amides is 3. The lowest BCUT2D eigenvalue weighted by molar-refractivity contribution is -0.123. The number of rotatable bonds is 15. The number of carbonyl (C=O) groups is 3. The third-order valence-corrected chi connectivity index (χ3v) is 4.40. The molecular weight excluding hydrogens is 398 g/mol. The van der Waals surface area contributed by atoms with E-state index in [1.54, 1.807) is 0 Å². The average Bonchev–Trinajstić information content (AvgIpc) is 2.51. The first-order chi connectivity index (χ1) is 14.1. The normalized spacial score (nSPS) is 12.6. The van der Waals surface area contributed by atoms with E-state index >= 15 is 0 Å². The smallest absolute Gasteiger partial charge is 0.221 e. The molecule has 0 bridgehead atoms. The van der Waals surface area contributed by atoms with Gasteiger partial charge in [-0.1, -0.05) is 0 Å². The van der Waals surface area contributed by atoms with E-state index in [0.717, 1.165) is 0 Å². The lowest BCUT2D eigenvalue weighted by Crippen LogP contribution is -2.61. The fraction of sp³-hybridized carbons (Fsp3) is 0.857. The van der Waals surface area contributed by atoms with Crippen molar-refractivity contribution in [2.75, 3.05) is 39.3 Å². The summed E-state index contributed by atoms with van der Waals surface area (Å²) >= 11 is 0. The largest absolute Gasteiger partial charge is 0.350 e. The number of nitrogens with one attached hydrogen (secondary N) is 3. The molecule has 9 N–H and O–H groups in total. The molecule has 0 aromatic carbocycles. The van der Waals surface area contributed by atoms with Gasteiger partial charge in [-0.3, -0.25) is 19.3 Å². The molecule has 0 radical (unpaired) electrons. The summed E-state index contributed by atoms with van der Waals surface area (Å²) in [6, 6.07) is 0. The zero-order valence-electron chi connectivity index (χ0n) is 20.3. The Morgan fingerprint density at radius 1 is 0.581 bits per heavy atom. The Morgan fingerprint density at radius 2 is 0.806 bits per heavy atom. The summed E-state index contributed by atoms with van der Waals surface area (Å²) in [6.45, 7) is 14.0. The second kappa shape index (κ2) is 12.9. The SMILES string of the molecule is CC(C)(CN(CC(C)(C)NC(=O)CCN)CC(C)(C)NC(=O)CCN)NC(=O)CCN. The Labute approximate surface area is 187 Å². The van der Waals surface area contributed by atoms with Gasteiger partial charge in [0.05, 0.1) is 0 Å². The Hall–Kier alpha value is -1.75. The molecule has 0 saturated heterocycles. The molecule has 0 spiro atoms. The van der Waals surface area contributed by atoms with Gasteiger partial charge in [-0.05, 0) is 41.5 Å². The highest BCUT2D eigenvalue weighted by atomic mass is 16.2. The van der Waals surface area contributed by atoms with Crippen LogP contribution in [0, 0.1) is 0 Å². The van der Waals surface area contributed by atoms with Gasteiger partial charge in [-0.15, -0.1) is 0 Å².